The maximum Gasteiger partial charge on any atom is 0.251 e. The summed E-state index contributed by atoms with van der Waals surface area (Å²) in [7, 11) is 1.62. The topological polar surface area (TPSA) is 50.7 Å². The second-order valence-electron chi connectivity index (χ2n) is 7.45. The first-order valence-corrected chi connectivity index (χ1v) is 10.4. The normalized spacial score (nSPS) is 12.9. The molecule has 2 aromatic carbocycles. The van der Waals surface area contributed by atoms with Crippen LogP contribution < -0.4 is 5.32 Å². The molecular formula is C23H28Cl2N2O2. The van der Waals surface area contributed by atoms with Crippen molar-refractivity contribution >= 4 is 34.8 Å². The Morgan fingerprint density at radius 3 is 2.21 bits per heavy atom. The fourth-order valence-corrected chi connectivity index (χ4v) is 3.00. The van der Waals surface area contributed by atoms with Crippen LogP contribution in [0.25, 0.3) is 0 Å². The Morgan fingerprint density at radius 2 is 1.62 bits per heavy atom. The van der Waals surface area contributed by atoms with Crippen LogP contribution in [-0.4, -0.2) is 31.5 Å². The van der Waals surface area contributed by atoms with Crippen LogP contribution in [0, 0.1) is 5.92 Å². The number of nitrogens with zero attached hydrogens (tertiary/aromatic N) is 1. The number of aliphatic imine (C=N–C) groups is 1. The van der Waals surface area contributed by atoms with Gasteiger partial charge in [-0.1, -0.05) is 55.2 Å². The molecule has 6 heteroatoms. The first-order chi connectivity index (χ1) is 13.8. The second-order valence-corrected chi connectivity index (χ2v) is 8.26. The minimum atomic E-state index is -0.0539. The highest BCUT2D eigenvalue weighted by molar-refractivity contribution is 6.42. The highest BCUT2D eigenvalue weighted by Crippen LogP contribution is 2.23. The summed E-state index contributed by atoms with van der Waals surface area (Å²) >= 11 is 12.1. The summed E-state index contributed by atoms with van der Waals surface area (Å²) in [6, 6.07) is 13.4. The number of carbonyl (C=O) groups excluding carboxylic acids is 1. The summed E-state index contributed by atoms with van der Waals surface area (Å²) < 4.78 is 5.11. The van der Waals surface area contributed by atoms with Gasteiger partial charge in [-0.3, -0.25) is 9.79 Å². The Hall–Kier alpha value is -1.88. The average molecular weight is 435 g/mol. The van der Waals surface area contributed by atoms with Crippen molar-refractivity contribution < 1.29 is 9.53 Å². The van der Waals surface area contributed by atoms with Gasteiger partial charge < -0.3 is 10.1 Å². The van der Waals surface area contributed by atoms with Crippen LogP contribution in [0.15, 0.2) is 47.5 Å². The van der Waals surface area contributed by atoms with Crippen LogP contribution in [-0.2, 0) is 17.6 Å². The third kappa shape index (κ3) is 7.46. The van der Waals surface area contributed by atoms with E-state index in [1.165, 1.54) is 0 Å². The van der Waals surface area contributed by atoms with E-state index in [2.05, 4.69) is 24.2 Å². The summed E-state index contributed by atoms with van der Waals surface area (Å²) in [5, 5.41) is 4.09. The minimum absolute atomic E-state index is 0.0539. The van der Waals surface area contributed by atoms with Crippen molar-refractivity contribution in [3.8, 4) is 0 Å². The van der Waals surface area contributed by atoms with E-state index >= 15 is 0 Å². The zero-order chi connectivity index (χ0) is 21.4. The summed E-state index contributed by atoms with van der Waals surface area (Å²) in [5.74, 6) is 0.334. The van der Waals surface area contributed by atoms with E-state index in [0.29, 0.717) is 41.1 Å². The number of amides is 1. The molecule has 2 aromatic rings. The Bertz CT molecular complexity index is 848. The molecule has 1 amide bonds. The van der Waals surface area contributed by atoms with Gasteiger partial charge in [0, 0.05) is 37.3 Å². The van der Waals surface area contributed by atoms with E-state index in [-0.39, 0.29) is 11.9 Å². The van der Waals surface area contributed by atoms with Crippen LogP contribution >= 0.6 is 23.2 Å². The van der Waals surface area contributed by atoms with Crippen molar-refractivity contribution in [2.75, 3.05) is 13.8 Å². The van der Waals surface area contributed by atoms with Gasteiger partial charge in [0.15, 0.2) is 0 Å². The molecule has 1 atom stereocenters. The van der Waals surface area contributed by atoms with Gasteiger partial charge >= 0.3 is 0 Å². The number of ether oxygens (including phenoxy) is 1. The van der Waals surface area contributed by atoms with Crippen LogP contribution in [0.5, 0.6) is 0 Å². The maximum absolute atomic E-state index is 12.4. The monoisotopic (exact) mass is 434 g/mol. The number of hydrogen-bond donors (Lipinski definition) is 1. The molecule has 1 unspecified atom stereocenters. The number of rotatable bonds is 9. The molecule has 29 heavy (non-hydrogen) atoms. The van der Waals surface area contributed by atoms with Gasteiger partial charge in [-0.25, -0.2) is 0 Å². The molecule has 0 saturated heterocycles. The van der Waals surface area contributed by atoms with Crippen LogP contribution in [0.4, 0.5) is 0 Å². The molecule has 0 aliphatic carbocycles. The quantitative estimate of drug-likeness (QED) is 0.522. The second kappa shape index (κ2) is 11.3. The van der Waals surface area contributed by atoms with Gasteiger partial charge in [0.1, 0.15) is 6.73 Å². The first-order valence-electron chi connectivity index (χ1n) is 9.65. The molecule has 0 aromatic heterocycles. The van der Waals surface area contributed by atoms with E-state index in [1.54, 1.807) is 13.2 Å². The van der Waals surface area contributed by atoms with Crippen molar-refractivity contribution in [1.29, 1.82) is 0 Å². The average Bonchev–Trinajstić information content (AvgIpc) is 2.69. The molecular weight excluding hydrogens is 407 g/mol. The predicted molar refractivity (Wildman–Crippen MR) is 121 cm³/mol. The lowest BCUT2D eigenvalue weighted by atomic mass is 10.0. The van der Waals surface area contributed by atoms with Crippen molar-refractivity contribution in [3.05, 3.63) is 69.2 Å². The van der Waals surface area contributed by atoms with Crippen LogP contribution in [0.3, 0.4) is 0 Å². The van der Waals surface area contributed by atoms with E-state index in [0.717, 1.165) is 16.8 Å². The predicted octanol–water partition coefficient (Wildman–Crippen LogP) is 5.60. The zero-order valence-electron chi connectivity index (χ0n) is 17.3. The number of carbonyl (C=O) groups is 1. The molecule has 0 radical (unpaired) electrons. The number of methoxy groups -OCH3 is 1. The number of halogens is 2. The van der Waals surface area contributed by atoms with Crippen LogP contribution in [0.2, 0.25) is 10.0 Å². The van der Waals surface area contributed by atoms with E-state index < -0.39 is 0 Å². The zero-order valence-corrected chi connectivity index (χ0v) is 18.8. The molecule has 0 saturated carbocycles. The van der Waals surface area contributed by atoms with E-state index in [9.17, 15) is 4.79 Å². The Kier molecular flexibility index (Phi) is 9.15. The van der Waals surface area contributed by atoms with Gasteiger partial charge in [-0.15, -0.1) is 0 Å². The third-order valence-electron chi connectivity index (χ3n) is 4.79. The summed E-state index contributed by atoms with van der Waals surface area (Å²) in [6.45, 7) is 6.48. The van der Waals surface area contributed by atoms with Gasteiger partial charge in [-0.2, -0.15) is 0 Å². The Morgan fingerprint density at radius 1 is 1.00 bits per heavy atom. The third-order valence-corrected chi connectivity index (χ3v) is 5.53. The largest absolute Gasteiger partial charge is 0.363 e. The SMILES string of the molecule is COCN=C(Cc1ccc(C(=O)NC(C)C(C)C)cc1)Cc1ccc(Cl)c(Cl)c1. The molecule has 0 heterocycles. The smallest absolute Gasteiger partial charge is 0.251 e. The molecule has 0 bridgehead atoms. The lowest BCUT2D eigenvalue weighted by Crippen LogP contribution is -2.36. The lowest BCUT2D eigenvalue weighted by molar-refractivity contribution is 0.0930. The first kappa shape index (κ1) is 23.4. The summed E-state index contributed by atoms with van der Waals surface area (Å²) in [4.78, 5) is 16.9. The summed E-state index contributed by atoms with van der Waals surface area (Å²) in [6.07, 6.45) is 1.31. The minimum Gasteiger partial charge on any atom is -0.363 e. The van der Waals surface area contributed by atoms with Crippen molar-refractivity contribution in [3.63, 3.8) is 0 Å². The maximum atomic E-state index is 12.4. The molecule has 1 N–H and O–H groups in total. The number of hydrogen-bond acceptors (Lipinski definition) is 3. The number of nitrogens with one attached hydrogen (secondary N) is 1. The van der Waals surface area contributed by atoms with Gasteiger partial charge in [-0.05, 0) is 48.2 Å². The van der Waals surface area contributed by atoms with Gasteiger partial charge in [0.05, 0.1) is 10.0 Å². The number of benzene rings is 2. The van der Waals surface area contributed by atoms with Crippen molar-refractivity contribution in [2.45, 2.75) is 39.7 Å². The standard InChI is InChI=1S/C23H28Cl2N2O2/c1-15(2)16(3)27-23(28)19-8-5-17(6-9-19)11-20(26-14-29-4)12-18-7-10-21(24)22(25)13-18/h5-10,13,15-16H,11-12,14H2,1-4H3,(H,27,28). The highest BCUT2D eigenvalue weighted by atomic mass is 35.5. The summed E-state index contributed by atoms with van der Waals surface area (Å²) in [5.41, 5.74) is 3.73. The molecule has 0 aliphatic heterocycles. The van der Waals surface area contributed by atoms with Crippen LogP contribution in [0.1, 0.15) is 42.3 Å². The molecule has 0 fully saturated rings. The molecule has 0 aliphatic rings. The molecule has 0 spiro atoms. The van der Waals surface area contributed by atoms with E-state index in [4.69, 9.17) is 27.9 Å². The molecule has 2 rings (SSSR count). The van der Waals surface area contributed by atoms with Crippen molar-refractivity contribution in [1.82, 2.24) is 5.32 Å². The molecule has 156 valence electrons. The van der Waals surface area contributed by atoms with Crippen molar-refractivity contribution in [2.24, 2.45) is 10.9 Å². The van der Waals surface area contributed by atoms with E-state index in [1.807, 2.05) is 43.3 Å². The molecule has 4 nitrogen and oxygen atoms in total. The lowest BCUT2D eigenvalue weighted by Gasteiger charge is -2.17. The van der Waals surface area contributed by atoms with Gasteiger partial charge in [0.25, 0.3) is 5.91 Å². The fourth-order valence-electron chi connectivity index (χ4n) is 2.68. The fraction of sp³-hybridized carbons (Fsp3) is 0.391. The van der Waals surface area contributed by atoms with Gasteiger partial charge in [0.2, 0.25) is 0 Å². The highest BCUT2D eigenvalue weighted by Gasteiger charge is 2.13. The Labute approximate surface area is 183 Å². The Balaban J connectivity index is 2.08.